The fraction of sp³-hybridized carbons (Fsp3) is 1.00. The highest BCUT2D eigenvalue weighted by molar-refractivity contribution is 7.79. The predicted molar refractivity (Wildman–Crippen MR) is 46.4 cm³/mol. The summed E-state index contributed by atoms with van der Waals surface area (Å²) in [6, 6.07) is 0. The summed E-state index contributed by atoms with van der Waals surface area (Å²) < 4.78 is 168. The van der Waals surface area contributed by atoms with Gasteiger partial charge in [-0.05, 0) is 0 Å². The van der Waals surface area contributed by atoms with Crippen molar-refractivity contribution in [2.45, 2.75) is 36.0 Å². The van der Waals surface area contributed by atoms with Crippen molar-refractivity contribution in [3.05, 3.63) is 0 Å². The van der Waals surface area contributed by atoms with Gasteiger partial charge in [-0.25, -0.2) is 13.0 Å². The fourth-order valence-corrected chi connectivity index (χ4v) is 1.51. The van der Waals surface area contributed by atoms with E-state index in [1.54, 1.807) is 0 Å². The highest BCUT2D eigenvalue weighted by atomic mass is 32.2. The standard InChI is InChI=1S/C7H4F12O2S/c8-2(9)4(12,13)6(16,17)7(18,19)5(14,15)3(10,11)1-22(20)21/h2H,1H2,(H,20,21). The van der Waals surface area contributed by atoms with E-state index in [2.05, 4.69) is 0 Å². The van der Waals surface area contributed by atoms with Gasteiger partial charge in [0.15, 0.2) is 11.1 Å². The molecule has 0 saturated carbocycles. The molecule has 0 aromatic rings. The first-order valence-corrected chi connectivity index (χ1v) is 5.88. The first-order chi connectivity index (χ1) is 9.36. The molecule has 0 aliphatic heterocycles. The molecule has 0 aliphatic carbocycles. The minimum atomic E-state index is -7.66. The van der Waals surface area contributed by atoms with E-state index in [4.69, 9.17) is 4.55 Å². The second-order valence-electron chi connectivity index (χ2n) is 3.82. The van der Waals surface area contributed by atoms with Crippen LogP contribution in [0.3, 0.4) is 0 Å². The summed E-state index contributed by atoms with van der Waals surface area (Å²) >= 11 is -3.92. The average molecular weight is 380 g/mol. The van der Waals surface area contributed by atoms with Gasteiger partial charge < -0.3 is 4.55 Å². The highest BCUT2D eigenvalue weighted by Gasteiger charge is 2.87. The van der Waals surface area contributed by atoms with Gasteiger partial charge >= 0.3 is 36.0 Å². The topological polar surface area (TPSA) is 37.3 Å². The fourth-order valence-electron chi connectivity index (χ4n) is 1.02. The Labute approximate surface area is 115 Å². The molecule has 0 rings (SSSR count). The molecule has 2 nitrogen and oxygen atoms in total. The van der Waals surface area contributed by atoms with E-state index in [0.29, 0.717) is 0 Å². The summed E-state index contributed by atoms with van der Waals surface area (Å²) in [4.78, 5) is 0. The van der Waals surface area contributed by atoms with E-state index < -0.39 is 52.9 Å². The summed E-state index contributed by atoms with van der Waals surface area (Å²) in [5, 5.41) is 0. The van der Waals surface area contributed by atoms with Crippen molar-refractivity contribution in [3.8, 4) is 0 Å². The molecule has 0 bridgehead atoms. The Balaban J connectivity index is 6.04. The third-order valence-corrected chi connectivity index (χ3v) is 2.85. The van der Waals surface area contributed by atoms with Gasteiger partial charge in [0.05, 0.1) is 0 Å². The minimum absolute atomic E-state index is 3.02. The maximum atomic E-state index is 12.8. The Morgan fingerprint density at radius 3 is 1.41 bits per heavy atom. The summed E-state index contributed by atoms with van der Waals surface area (Å²) in [5.41, 5.74) is 0. The van der Waals surface area contributed by atoms with Crippen LogP contribution in [0.4, 0.5) is 52.7 Å². The van der Waals surface area contributed by atoms with Gasteiger partial charge in [-0.2, -0.15) is 43.9 Å². The molecule has 1 N–H and O–H groups in total. The van der Waals surface area contributed by atoms with Crippen LogP contribution >= 0.6 is 0 Å². The molecule has 0 aromatic carbocycles. The molecule has 0 heterocycles. The van der Waals surface area contributed by atoms with Gasteiger partial charge in [0.1, 0.15) is 5.75 Å². The van der Waals surface area contributed by atoms with E-state index in [1.165, 1.54) is 0 Å². The van der Waals surface area contributed by atoms with Crippen molar-refractivity contribution in [1.82, 2.24) is 0 Å². The maximum Gasteiger partial charge on any atom is 0.384 e. The molecular formula is C7H4F12O2S. The Hall–Kier alpha value is -0.730. The smallest absolute Gasteiger partial charge is 0.306 e. The second-order valence-corrected chi connectivity index (χ2v) is 4.75. The molecule has 22 heavy (non-hydrogen) atoms. The Morgan fingerprint density at radius 2 is 1.14 bits per heavy atom. The number of alkyl halides is 12. The maximum absolute atomic E-state index is 12.8. The van der Waals surface area contributed by atoms with Crippen LogP contribution in [0, 0.1) is 0 Å². The average Bonchev–Trinajstić information content (AvgIpc) is 2.25. The van der Waals surface area contributed by atoms with Crippen LogP contribution < -0.4 is 0 Å². The van der Waals surface area contributed by atoms with Crippen LogP contribution in [0.2, 0.25) is 0 Å². The Kier molecular flexibility index (Phi) is 5.53. The lowest BCUT2D eigenvalue weighted by molar-refractivity contribution is -0.409. The molecule has 15 heteroatoms. The minimum Gasteiger partial charge on any atom is -0.306 e. The summed E-state index contributed by atoms with van der Waals surface area (Å²) in [5.74, 6) is -39.1. The quantitative estimate of drug-likeness (QED) is 0.541. The molecular weight excluding hydrogens is 376 g/mol. The first-order valence-electron chi connectivity index (χ1n) is 4.61. The van der Waals surface area contributed by atoms with Crippen molar-refractivity contribution in [1.29, 1.82) is 0 Å². The van der Waals surface area contributed by atoms with Gasteiger partial charge in [-0.3, -0.25) is 0 Å². The van der Waals surface area contributed by atoms with Gasteiger partial charge in [-0.15, -0.1) is 0 Å². The molecule has 1 atom stereocenters. The molecule has 0 amide bonds. The third-order valence-electron chi connectivity index (χ3n) is 2.25. The number of rotatable bonds is 7. The molecule has 0 fully saturated rings. The van der Waals surface area contributed by atoms with Crippen LogP contribution in [0.5, 0.6) is 0 Å². The second kappa shape index (κ2) is 5.72. The molecule has 0 spiro atoms. The van der Waals surface area contributed by atoms with E-state index in [0.717, 1.165) is 0 Å². The molecule has 0 radical (unpaired) electrons. The zero-order chi connectivity index (χ0) is 18.4. The molecule has 0 saturated heterocycles. The zero-order valence-corrected chi connectivity index (χ0v) is 10.4. The molecule has 0 aromatic heterocycles. The lowest BCUT2D eigenvalue weighted by atomic mass is 9.95. The first kappa shape index (κ1) is 21.3. The van der Waals surface area contributed by atoms with Gasteiger partial charge in [-0.1, -0.05) is 0 Å². The van der Waals surface area contributed by atoms with Crippen LogP contribution in [-0.4, -0.2) is 50.6 Å². The predicted octanol–water partition coefficient (Wildman–Crippen LogP) is 3.65. The lowest BCUT2D eigenvalue weighted by Crippen LogP contribution is -2.69. The lowest BCUT2D eigenvalue weighted by Gasteiger charge is -2.38. The van der Waals surface area contributed by atoms with Crippen molar-refractivity contribution in [3.63, 3.8) is 0 Å². The summed E-state index contributed by atoms with van der Waals surface area (Å²) in [7, 11) is 0. The van der Waals surface area contributed by atoms with Gasteiger partial charge in [0.2, 0.25) is 0 Å². The highest BCUT2D eigenvalue weighted by Crippen LogP contribution is 2.58. The normalized spacial score (nSPS) is 17.0. The van der Waals surface area contributed by atoms with Crippen LogP contribution in [0.1, 0.15) is 0 Å². The Bertz CT molecular complexity index is 433. The number of halogens is 12. The zero-order valence-electron chi connectivity index (χ0n) is 9.58. The number of hydrogen-bond acceptors (Lipinski definition) is 1. The monoisotopic (exact) mass is 380 g/mol. The molecule has 0 aliphatic rings. The third kappa shape index (κ3) is 3.00. The van der Waals surface area contributed by atoms with Crippen molar-refractivity contribution in [2.24, 2.45) is 0 Å². The van der Waals surface area contributed by atoms with E-state index in [-0.39, 0.29) is 0 Å². The van der Waals surface area contributed by atoms with Crippen molar-refractivity contribution < 1.29 is 61.4 Å². The van der Waals surface area contributed by atoms with Crippen molar-refractivity contribution >= 4 is 11.1 Å². The van der Waals surface area contributed by atoms with E-state index in [9.17, 15) is 56.9 Å². The van der Waals surface area contributed by atoms with E-state index >= 15 is 0 Å². The van der Waals surface area contributed by atoms with Crippen LogP contribution in [0.25, 0.3) is 0 Å². The van der Waals surface area contributed by atoms with Gasteiger partial charge in [0, 0.05) is 0 Å². The van der Waals surface area contributed by atoms with E-state index in [1.807, 2.05) is 0 Å². The number of hydrogen-bond donors (Lipinski definition) is 1. The SMILES string of the molecule is O=S(O)CC(F)(F)C(F)(F)C(F)(F)C(F)(F)C(F)(F)C(F)F. The largest absolute Gasteiger partial charge is 0.384 e. The van der Waals surface area contributed by atoms with Crippen LogP contribution in [-0.2, 0) is 11.1 Å². The summed E-state index contributed by atoms with van der Waals surface area (Å²) in [6.45, 7) is 0. The molecule has 1 unspecified atom stereocenters. The summed E-state index contributed by atoms with van der Waals surface area (Å²) in [6.07, 6.45) is -5.58. The van der Waals surface area contributed by atoms with Crippen molar-refractivity contribution in [2.75, 3.05) is 5.75 Å². The Morgan fingerprint density at radius 1 is 0.773 bits per heavy atom. The van der Waals surface area contributed by atoms with Gasteiger partial charge in [0.25, 0.3) is 0 Å². The van der Waals surface area contributed by atoms with Crippen LogP contribution in [0.15, 0.2) is 0 Å². The molecule has 134 valence electrons.